The van der Waals surface area contributed by atoms with Crippen molar-refractivity contribution in [1.82, 2.24) is 10.3 Å². The summed E-state index contributed by atoms with van der Waals surface area (Å²) >= 11 is 3.53. The first kappa shape index (κ1) is 16.3. The van der Waals surface area contributed by atoms with Crippen LogP contribution in [0.15, 0.2) is 63.9 Å². The van der Waals surface area contributed by atoms with Crippen LogP contribution in [0.2, 0.25) is 0 Å². The van der Waals surface area contributed by atoms with E-state index < -0.39 is 0 Å². The van der Waals surface area contributed by atoms with Crippen LogP contribution in [0.4, 0.5) is 11.4 Å². The summed E-state index contributed by atoms with van der Waals surface area (Å²) < 4.78 is 6.15. The van der Waals surface area contributed by atoms with Crippen molar-refractivity contribution in [3.05, 3.63) is 76.4 Å². The number of anilines is 2. The van der Waals surface area contributed by atoms with Gasteiger partial charge in [0.05, 0.1) is 35.9 Å². The molecule has 6 heteroatoms. The Balaban J connectivity index is 1.70. The summed E-state index contributed by atoms with van der Waals surface area (Å²) in [5, 5.41) is 6.06. The van der Waals surface area contributed by atoms with Crippen LogP contribution in [-0.2, 0) is 6.54 Å². The van der Waals surface area contributed by atoms with E-state index in [9.17, 15) is 4.79 Å². The second-order valence-electron chi connectivity index (χ2n) is 5.33. The van der Waals surface area contributed by atoms with Crippen molar-refractivity contribution >= 4 is 33.2 Å². The lowest BCUT2D eigenvalue weighted by Crippen LogP contribution is -2.22. The van der Waals surface area contributed by atoms with Gasteiger partial charge in [-0.05, 0) is 58.7 Å². The van der Waals surface area contributed by atoms with E-state index in [1.807, 2.05) is 31.2 Å². The highest BCUT2D eigenvalue weighted by molar-refractivity contribution is 9.10. The standard InChI is InChI=1S/C18H16BrN3O2/c1-12-4-5-17(16(19)7-12)22-14-8-13(9-20-10-14)18(23)21-11-15-3-2-6-24-15/h2-10,22H,11H2,1H3,(H,21,23). The number of carbonyl (C=O) groups excluding carboxylic acids is 1. The Labute approximate surface area is 148 Å². The summed E-state index contributed by atoms with van der Waals surface area (Å²) in [6.07, 6.45) is 4.79. The average Bonchev–Trinajstić information content (AvgIpc) is 3.09. The Morgan fingerprint density at radius 1 is 1.25 bits per heavy atom. The molecule has 2 aromatic heterocycles. The van der Waals surface area contributed by atoms with Crippen molar-refractivity contribution in [2.24, 2.45) is 0 Å². The van der Waals surface area contributed by atoms with E-state index in [1.54, 1.807) is 24.6 Å². The SMILES string of the molecule is Cc1ccc(Nc2cncc(C(=O)NCc3ccco3)c2)c(Br)c1. The van der Waals surface area contributed by atoms with Gasteiger partial charge in [-0.25, -0.2) is 0 Å². The highest BCUT2D eigenvalue weighted by Crippen LogP contribution is 2.26. The van der Waals surface area contributed by atoms with Crippen molar-refractivity contribution in [2.75, 3.05) is 5.32 Å². The first-order chi connectivity index (χ1) is 11.6. The van der Waals surface area contributed by atoms with Crippen LogP contribution >= 0.6 is 15.9 Å². The van der Waals surface area contributed by atoms with Gasteiger partial charge in [0, 0.05) is 10.7 Å². The predicted octanol–water partition coefficient (Wildman–Crippen LogP) is 4.42. The molecule has 0 saturated heterocycles. The summed E-state index contributed by atoms with van der Waals surface area (Å²) in [7, 11) is 0. The van der Waals surface area contributed by atoms with E-state index in [1.165, 1.54) is 6.20 Å². The molecule has 1 amide bonds. The number of furan rings is 1. The number of pyridine rings is 1. The quantitative estimate of drug-likeness (QED) is 0.681. The lowest BCUT2D eigenvalue weighted by atomic mass is 10.2. The molecule has 24 heavy (non-hydrogen) atoms. The molecule has 2 N–H and O–H groups in total. The average molecular weight is 386 g/mol. The van der Waals surface area contributed by atoms with Crippen molar-refractivity contribution in [3.63, 3.8) is 0 Å². The van der Waals surface area contributed by atoms with E-state index in [2.05, 4.69) is 31.5 Å². The molecule has 0 fully saturated rings. The Bertz CT molecular complexity index is 847. The van der Waals surface area contributed by atoms with Crippen molar-refractivity contribution in [3.8, 4) is 0 Å². The van der Waals surface area contributed by atoms with Crippen LogP contribution in [0.25, 0.3) is 0 Å². The van der Waals surface area contributed by atoms with Crippen LogP contribution in [0.5, 0.6) is 0 Å². The lowest BCUT2D eigenvalue weighted by molar-refractivity contribution is 0.0947. The Morgan fingerprint density at radius 2 is 2.12 bits per heavy atom. The fraction of sp³-hybridized carbons (Fsp3) is 0.111. The summed E-state index contributed by atoms with van der Waals surface area (Å²) in [6, 6.07) is 11.4. The zero-order valence-corrected chi connectivity index (χ0v) is 14.6. The number of nitrogens with zero attached hydrogens (tertiary/aromatic N) is 1. The van der Waals surface area contributed by atoms with Gasteiger partial charge in [0.2, 0.25) is 0 Å². The molecule has 0 aliphatic heterocycles. The van der Waals surface area contributed by atoms with Gasteiger partial charge in [-0.1, -0.05) is 6.07 Å². The zero-order valence-electron chi connectivity index (χ0n) is 13.0. The minimum absolute atomic E-state index is 0.203. The molecule has 2 heterocycles. The molecule has 3 rings (SSSR count). The van der Waals surface area contributed by atoms with Crippen LogP contribution in [0.3, 0.4) is 0 Å². The van der Waals surface area contributed by atoms with Crippen LogP contribution < -0.4 is 10.6 Å². The third kappa shape index (κ3) is 4.02. The smallest absolute Gasteiger partial charge is 0.253 e. The normalized spacial score (nSPS) is 10.4. The summed E-state index contributed by atoms with van der Waals surface area (Å²) in [5.41, 5.74) is 3.30. The molecule has 0 atom stereocenters. The molecule has 122 valence electrons. The molecule has 0 aliphatic carbocycles. The molecule has 0 saturated carbocycles. The molecule has 0 aliphatic rings. The number of aryl methyl sites for hydroxylation is 1. The summed E-state index contributed by atoms with van der Waals surface area (Å²) in [5.74, 6) is 0.500. The number of benzene rings is 1. The molecule has 0 spiro atoms. The molecule has 1 aromatic carbocycles. The second kappa shape index (κ2) is 7.31. The molecular weight excluding hydrogens is 370 g/mol. The van der Waals surface area contributed by atoms with Crippen molar-refractivity contribution in [2.45, 2.75) is 13.5 Å². The third-order valence-electron chi connectivity index (χ3n) is 3.41. The molecule has 0 radical (unpaired) electrons. The number of nitrogens with one attached hydrogen (secondary N) is 2. The molecular formula is C18H16BrN3O2. The lowest BCUT2D eigenvalue weighted by Gasteiger charge is -2.10. The Kier molecular flexibility index (Phi) is 4.96. The van der Waals surface area contributed by atoms with Crippen LogP contribution in [0.1, 0.15) is 21.7 Å². The number of aromatic nitrogens is 1. The maximum Gasteiger partial charge on any atom is 0.253 e. The maximum atomic E-state index is 12.2. The molecule has 0 unspecified atom stereocenters. The summed E-state index contributed by atoms with van der Waals surface area (Å²) in [6.45, 7) is 2.37. The maximum absolute atomic E-state index is 12.2. The van der Waals surface area contributed by atoms with Crippen LogP contribution in [-0.4, -0.2) is 10.9 Å². The minimum Gasteiger partial charge on any atom is -0.467 e. The topological polar surface area (TPSA) is 67.2 Å². The second-order valence-corrected chi connectivity index (χ2v) is 6.19. The van der Waals surface area contributed by atoms with Gasteiger partial charge < -0.3 is 15.1 Å². The van der Waals surface area contributed by atoms with Gasteiger partial charge in [-0.3, -0.25) is 9.78 Å². The van der Waals surface area contributed by atoms with Crippen molar-refractivity contribution in [1.29, 1.82) is 0 Å². The number of rotatable bonds is 5. The fourth-order valence-corrected chi connectivity index (χ4v) is 2.78. The van der Waals surface area contributed by atoms with Gasteiger partial charge in [0.15, 0.2) is 0 Å². The number of hydrogen-bond donors (Lipinski definition) is 2. The highest BCUT2D eigenvalue weighted by atomic mass is 79.9. The van der Waals surface area contributed by atoms with E-state index in [0.29, 0.717) is 17.9 Å². The first-order valence-corrected chi connectivity index (χ1v) is 8.20. The third-order valence-corrected chi connectivity index (χ3v) is 4.06. The number of hydrogen-bond acceptors (Lipinski definition) is 4. The first-order valence-electron chi connectivity index (χ1n) is 7.40. The number of amides is 1. The van der Waals surface area contributed by atoms with E-state index >= 15 is 0 Å². The van der Waals surface area contributed by atoms with E-state index in [-0.39, 0.29) is 5.91 Å². The molecule has 0 bridgehead atoms. The van der Waals surface area contributed by atoms with Crippen LogP contribution in [0, 0.1) is 6.92 Å². The molecule has 3 aromatic rings. The Morgan fingerprint density at radius 3 is 2.88 bits per heavy atom. The number of carbonyl (C=O) groups is 1. The Hall–Kier alpha value is -2.60. The highest BCUT2D eigenvalue weighted by Gasteiger charge is 2.08. The number of halogens is 1. The van der Waals surface area contributed by atoms with Gasteiger partial charge in [0.25, 0.3) is 5.91 Å². The van der Waals surface area contributed by atoms with Gasteiger partial charge in [0.1, 0.15) is 5.76 Å². The summed E-state index contributed by atoms with van der Waals surface area (Å²) in [4.78, 5) is 16.4. The van der Waals surface area contributed by atoms with E-state index in [0.717, 1.165) is 21.4 Å². The zero-order chi connectivity index (χ0) is 16.9. The monoisotopic (exact) mass is 385 g/mol. The van der Waals surface area contributed by atoms with Gasteiger partial charge >= 0.3 is 0 Å². The predicted molar refractivity (Wildman–Crippen MR) is 96.3 cm³/mol. The fourth-order valence-electron chi connectivity index (χ4n) is 2.19. The largest absolute Gasteiger partial charge is 0.467 e. The van der Waals surface area contributed by atoms with Gasteiger partial charge in [-0.15, -0.1) is 0 Å². The van der Waals surface area contributed by atoms with Gasteiger partial charge in [-0.2, -0.15) is 0 Å². The molecule has 5 nitrogen and oxygen atoms in total. The minimum atomic E-state index is -0.203. The van der Waals surface area contributed by atoms with Crippen molar-refractivity contribution < 1.29 is 9.21 Å². The van der Waals surface area contributed by atoms with E-state index in [4.69, 9.17) is 4.42 Å².